The van der Waals surface area contributed by atoms with E-state index < -0.39 is 5.91 Å². The molecule has 0 bridgehead atoms. The van der Waals surface area contributed by atoms with Gasteiger partial charge < -0.3 is 15.8 Å². The van der Waals surface area contributed by atoms with E-state index in [9.17, 15) is 4.79 Å². The number of thiophene rings is 1. The number of hydrogen-bond acceptors (Lipinski definition) is 4. The minimum atomic E-state index is -0.433. The average molecular weight is 307 g/mol. The molecule has 0 radical (unpaired) electrons. The summed E-state index contributed by atoms with van der Waals surface area (Å²) in [6, 6.07) is 2.11. The Labute approximate surface area is 107 Å². The molecule has 1 heterocycles. The van der Waals surface area contributed by atoms with Gasteiger partial charge in [-0.1, -0.05) is 0 Å². The van der Waals surface area contributed by atoms with Crippen LogP contribution in [0.2, 0.25) is 0 Å². The van der Waals surface area contributed by atoms with Crippen molar-refractivity contribution in [3.63, 3.8) is 0 Å². The smallest absolute Gasteiger partial charge is 0.243 e. The molecule has 1 rings (SSSR count). The van der Waals surface area contributed by atoms with Gasteiger partial charge in [-0.2, -0.15) is 0 Å². The van der Waals surface area contributed by atoms with Gasteiger partial charge in [0.05, 0.1) is 6.61 Å². The molecule has 1 aromatic rings. The number of amides is 1. The van der Waals surface area contributed by atoms with E-state index in [0.29, 0.717) is 13.2 Å². The normalized spacial score (nSPS) is 10.6. The first-order chi connectivity index (χ1) is 7.59. The second kappa shape index (κ2) is 7.01. The van der Waals surface area contributed by atoms with Crippen LogP contribution in [0.4, 0.5) is 0 Å². The molecule has 0 fully saturated rings. The van der Waals surface area contributed by atoms with E-state index in [0.717, 1.165) is 11.0 Å². The number of primary amides is 1. The first-order valence-electron chi connectivity index (χ1n) is 4.91. The van der Waals surface area contributed by atoms with Crippen LogP contribution in [0.5, 0.6) is 0 Å². The average Bonchev–Trinajstić information content (AvgIpc) is 2.52. The van der Waals surface area contributed by atoms with Crippen molar-refractivity contribution < 1.29 is 9.53 Å². The highest BCUT2D eigenvalue weighted by Gasteiger charge is 2.01. The molecular formula is C10H15BrN2O2S. The fourth-order valence-electron chi connectivity index (χ4n) is 1.13. The van der Waals surface area contributed by atoms with Gasteiger partial charge in [-0.25, -0.2) is 0 Å². The number of halogens is 1. The van der Waals surface area contributed by atoms with Crippen molar-refractivity contribution in [2.24, 2.45) is 5.73 Å². The highest BCUT2D eigenvalue weighted by molar-refractivity contribution is 9.10. The van der Waals surface area contributed by atoms with Crippen LogP contribution in [0, 0.1) is 6.92 Å². The van der Waals surface area contributed by atoms with Gasteiger partial charge in [-0.3, -0.25) is 4.79 Å². The van der Waals surface area contributed by atoms with Gasteiger partial charge in [0.25, 0.3) is 0 Å². The molecule has 0 saturated heterocycles. The molecule has 16 heavy (non-hydrogen) atoms. The maximum atomic E-state index is 10.4. The van der Waals surface area contributed by atoms with Crippen molar-refractivity contribution in [2.45, 2.75) is 13.5 Å². The number of carbonyl (C=O) groups is 1. The van der Waals surface area contributed by atoms with Crippen LogP contribution in [-0.4, -0.2) is 25.7 Å². The molecular weight excluding hydrogens is 292 g/mol. The van der Waals surface area contributed by atoms with Gasteiger partial charge in [0, 0.05) is 27.3 Å². The monoisotopic (exact) mass is 306 g/mol. The van der Waals surface area contributed by atoms with Gasteiger partial charge in [0.1, 0.15) is 6.61 Å². The van der Waals surface area contributed by atoms with Crippen LogP contribution in [0.25, 0.3) is 0 Å². The van der Waals surface area contributed by atoms with Crippen LogP contribution in [0.3, 0.4) is 0 Å². The summed E-state index contributed by atoms with van der Waals surface area (Å²) < 4.78 is 6.17. The Morgan fingerprint density at radius 2 is 2.44 bits per heavy atom. The lowest BCUT2D eigenvalue weighted by atomic mass is 10.4. The zero-order chi connectivity index (χ0) is 12.0. The van der Waals surface area contributed by atoms with Crippen LogP contribution in [0.15, 0.2) is 10.5 Å². The molecule has 0 spiro atoms. The van der Waals surface area contributed by atoms with Crippen LogP contribution < -0.4 is 11.1 Å². The van der Waals surface area contributed by atoms with Crippen LogP contribution in [-0.2, 0) is 16.1 Å². The molecule has 1 amide bonds. The van der Waals surface area contributed by atoms with E-state index in [4.69, 9.17) is 10.5 Å². The molecule has 0 aliphatic heterocycles. The summed E-state index contributed by atoms with van der Waals surface area (Å²) in [7, 11) is 0. The lowest BCUT2D eigenvalue weighted by Crippen LogP contribution is -2.23. The standard InChI is InChI=1S/C10H15BrN2O2S/c1-7-9(11)4-8(16-7)5-13-2-3-15-6-10(12)14/h4,13H,2-3,5-6H2,1H3,(H2,12,14). The van der Waals surface area contributed by atoms with Crippen molar-refractivity contribution in [2.75, 3.05) is 19.8 Å². The summed E-state index contributed by atoms with van der Waals surface area (Å²) in [6.07, 6.45) is 0. The van der Waals surface area contributed by atoms with Crippen LogP contribution in [0.1, 0.15) is 9.75 Å². The number of ether oxygens (including phenoxy) is 1. The SMILES string of the molecule is Cc1sc(CNCCOCC(N)=O)cc1Br. The quantitative estimate of drug-likeness (QED) is 0.749. The lowest BCUT2D eigenvalue weighted by Gasteiger charge is -2.03. The van der Waals surface area contributed by atoms with Gasteiger partial charge in [-0.05, 0) is 28.9 Å². The second-order valence-corrected chi connectivity index (χ2v) is 5.51. The zero-order valence-corrected chi connectivity index (χ0v) is 11.5. The van der Waals surface area contributed by atoms with Gasteiger partial charge in [-0.15, -0.1) is 11.3 Å². The molecule has 0 aliphatic carbocycles. The van der Waals surface area contributed by atoms with E-state index in [-0.39, 0.29) is 6.61 Å². The summed E-state index contributed by atoms with van der Waals surface area (Å²) in [5, 5.41) is 3.23. The third-order valence-corrected chi connectivity index (χ3v) is 4.01. The van der Waals surface area contributed by atoms with E-state index >= 15 is 0 Å². The van der Waals surface area contributed by atoms with Crippen molar-refractivity contribution in [3.8, 4) is 0 Å². The fraction of sp³-hybridized carbons (Fsp3) is 0.500. The Morgan fingerprint density at radius 3 is 3.00 bits per heavy atom. The molecule has 90 valence electrons. The van der Waals surface area contributed by atoms with E-state index in [2.05, 4.69) is 34.2 Å². The zero-order valence-electron chi connectivity index (χ0n) is 9.09. The van der Waals surface area contributed by atoms with E-state index in [1.165, 1.54) is 9.75 Å². The maximum absolute atomic E-state index is 10.4. The minimum Gasteiger partial charge on any atom is -0.370 e. The Morgan fingerprint density at radius 1 is 1.69 bits per heavy atom. The minimum absolute atomic E-state index is 0.00859. The summed E-state index contributed by atoms with van der Waals surface area (Å²) in [4.78, 5) is 12.9. The summed E-state index contributed by atoms with van der Waals surface area (Å²) in [6.45, 7) is 4.09. The maximum Gasteiger partial charge on any atom is 0.243 e. The van der Waals surface area contributed by atoms with Gasteiger partial charge in [0.15, 0.2) is 0 Å². The number of hydrogen-bond donors (Lipinski definition) is 2. The van der Waals surface area contributed by atoms with Crippen LogP contribution >= 0.6 is 27.3 Å². The van der Waals surface area contributed by atoms with Crippen molar-refractivity contribution in [1.82, 2.24) is 5.32 Å². The summed E-state index contributed by atoms with van der Waals surface area (Å²) >= 11 is 5.23. The number of aryl methyl sites for hydroxylation is 1. The Kier molecular flexibility index (Phi) is 5.97. The molecule has 0 atom stereocenters. The Bertz CT molecular complexity index is 335. The number of carbonyl (C=O) groups excluding carboxylic acids is 1. The highest BCUT2D eigenvalue weighted by Crippen LogP contribution is 2.25. The molecule has 0 aliphatic rings. The molecule has 6 heteroatoms. The third kappa shape index (κ3) is 5.07. The molecule has 4 nitrogen and oxygen atoms in total. The Balaban J connectivity index is 2.09. The molecule has 0 aromatic carbocycles. The molecule has 3 N–H and O–H groups in total. The number of rotatable bonds is 7. The topological polar surface area (TPSA) is 64.3 Å². The first kappa shape index (κ1) is 13.6. The first-order valence-corrected chi connectivity index (χ1v) is 6.52. The number of nitrogens with two attached hydrogens (primary N) is 1. The molecule has 0 saturated carbocycles. The molecule has 1 aromatic heterocycles. The summed E-state index contributed by atoms with van der Waals surface area (Å²) in [5.41, 5.74) is 4.93. The molecule has 0 unspecified atom stereocenters. The lowest BCUT2D eigenvalue weighted by molar-refractivity contribution is -0.122. The highest BCUT2D eigenvalue weighted by atomic mass is 79.9. The largest absolute Gasteiger partial charge is 0.370 e. The van der Waals surface area contributed by atoms with E-state index in [1.54, 1.807) is 11.3 Å². The van der Waals surface area contributed by atoms with Crippen molar-refractivity contribution >= 4 is 33.2 Å². The van der Waals surface area contributed by atoms with Gasteiger partial charge in [0.2, 0.25) is 5.91 Å². The number of nitrogens with one attached hydrogen (secondary N) is 1. The fourth-order valence-corrected chi connectivity index (χ4v) is 2.71. The second-order valence-electron chi connectivity index (χ2n) is 3.31. The van der Waals surface area contributed by atoms with Crippen molar-refractivity contribution in [3.05, 3.63) is 20.3 Å². The third-order valence-electron chi connectivity index (χ3n) is 1.87. The summed E-state index contributed by atoms with van der Waals surface area (Å²) in [5.74, 6) is -0.433. The van der Waals surface area contributed by atoms with Crippen molar-refractivity contribution in [1.29, 1.82) is 0 Å². The predicted octanol–water partition coefficient (Wildman–Crippen LogP) is 1.41. The Hall–Kier alpha value is -0.430. The van der Waals surface area contributed by atoms with Gasteiger partial charge >= 0.3 is 0 Å². The predicted molar refractivity (Wildman–Crippen MR) is 68.5 cm³/mol. The van der Waals surface area contributed by atoms with E-state index in [1.807, 2.05) is 0 Å².